The molecule has 2 N–H and O–H groups in total. The predicted octanol–water partition coefficient (Wildman–Crippen LogP) is 5.28. The number of hydrogen-bond donors (Lipinski definition) is 2. The summed E-state index contributed by atoms with van der Waals surface area (Å²) in [5.41, 5.74) is -2.39. The van der Waals surface area contributed by atoms with E-state index < -0.39 is 22.8 Å². The Balaban J connectivity index is 3.19. The number of carboxylic acid groups (broad SMARTS) is 2. The van der Waals surface area contributed by atoms with Crippen molar-refractivity contribution in [1.29, 1.82) is 0 Å². The van der Waals surface area contributed by atoms with Crippen LogP contribution in [0.1, 0.15) is 85.0 Å². The smallest absolute Gasteiger partial charge is 0.311 e. The summed E-state index contributed by atoms with van der Waals surface area (Å²) in [6, 6.07) is 0. The maximum Gasteiger partial charge on any atom is 0.311 e. The Kier molecular flexibility index (Phi) is 7.98. The summed E-state index contributed by atoms with van der Waals surface area (Å²) in [7, 11) is 0. The summed E-state index contributed by atoms with van der Waals surface area (Å²) in [5, 5.41) is 20.2. The first-order valence-corrected chi connectivity index (χ1v) is 9.50. The third-order valence-corrected chi connectivity index (χ3v) is 6.01. The lowest BCUT2D eigenvalue weighted by Gasteiger charge is -2.50. The lowest BCUT2D eigenvalue weighted by Crippen LogP contribution is -2.57. The van der Waals surface area contributed by atoms with Crippen molar-refractivity contribution < 1.29 is 19.8 Å². The average molecular weight is 338 g/mol. The molecule has 0 spiro atoms. The molecular formula is C20H34O4. The van der Waals surface area contributed by atoms with Crippen molar-refractivity contribution in [3.63, 3.8) is 0 Å². The van der Waals surface area contributed by atoms with E-state index in [9.17, 15) is 19.8 Å². The first-order valence-electron chi connectivity index (χ1n) is 9.50. The summed E-state index contributed by atoms with van der Waals surface area (Å²) in [6.07, 6.45) is 11.6. The molecule has 0 heterocycles. The summed E-state index contributed by atoms with van der Waals surface area (Å²) >= 11 is 0. The zero-order valence-electron chi connectivity index (χ0n) is 15.5. The molecule has 0 bridgehead atoms. The number of hydrogen-bond acceptors (Lipinski definition) is 2. The molecule has 0 aromatic rings. The number of unbranched alkanes of at least 4 members (excludes halogenated alkanes) is 4. The normalized spacial score (nSPS) is 27.8. The van der Waals surface area contributed by atoms with Gasteiger partial charge < -0.3 is 10.2 Å². The van der Waals surface area contributed by atoms with Gasteiger partial charge in [0.2, 0.25) is 0 Å². The van der Waals surface area contributed by atoms with Gasteiger partial charge in [-0.1, -0.05) is 71.4 Å². The molecule has 1 aliphatic rings. The zero-order valence-corrected chi connectivity index (χ0v) is 15.5. The van der Waals surface area contributed by atoms with E-state index >= 15 is 0 Å². The van der Waals surface area contributed by atoms with Gasteiger partial charge in [0.05, 0.1) is 10.8 Å². The van der Waals surface area contributed by atoms with Crippen LogP contribution < -0.4 is 0 Å². The van der Waals surface area contributed by atoms with Gasteiger partial charge in [-0.3, -0.25) is 9.59 Å². The Labute approximate surface area is 146 Å². The van der Waals surface area contributed by atoms with E-state index in [1.54, 1.807) is 0 Å². The van der Waals surface area contributed by atoms with E-state index in [0.717, 1.165) is 44.9 Å². The van der Waals surface area contributed by atoms with Crippen LogP contribution in [-0.2, 0) is 9.59 Å². The molecule has 24 heavy (non-hydrogen) atoms. The van der Waals surface area contributed by atoms with Crippen molar-refractivity contribution in [2.24, 2.45) is 16.7 Å². The fourth-order valence-electron chi connectivity index (χ4n) is 4.42. The molecule has 138 valence electrons. The first kappa shape index (κ1) is 20.7. The molecule has 0 fully saturated rings. The third-order valence-electron chi connectivity index (χ3n) is 6.01. The standard InChI is InChI=1S/C20H34O4/c1-4-6-8-9-12-16(3)20(18(23)24)15-11-10-14-19(20,17(21)22)13-7-5-2/h10-11,16H,4-9,12-15H2,1-3H3,(H,21,22)(H,23,24). The van der Waals surface area contributed by atoms with Crippen LogP contribution in [0.3, 0.4) is 0 Å². The van der Waals surface area contributed by atoms with Gasteiger partial charge in [-0.15, -0.1) is 0 Å². The van der Waals surface area contributed by atoms with Crippen molar-refractivity contribution in [1.82, 2.24) is 0 Å². The number of aliphatic carboxylic acids is 2. The number of allylic oxidation sites excluding steroid dienone is 2. The van der Waals surface area contributed by atoms with Crippen molar-refractivity contribution >= 4 is 11.9 Å². The molecule has 3 atom stereocenters. The molecule has 0 aromatic carbocycles. The van der Waals surface area contributed by atoms with E-state index in [0.29, 0.717) is 19.3 Å². The summed E-state index contributed by atoms with van der Waals surface area (Å²) in [4.78, 5) is 24.7. The van der Waals surface area contributed by atoms with E-state index in [-0.39, 0.29) is 5.92 Å². The van der Waals surface area contributed by atoms with Gasteiger partial charge in [0.25, 0.3) is 0 Å². The van der Waals surface area contributed by atoms with Gasteiger partial charge in [-0.05, 0) is 31.6 Å². The van der Waals surface area contributed by atoms with Crippen LogP contribution in [-0.4, -0.2) is 22.2 Å². The van der Waals surface area contributed by atoms with E-state index in [2.05, 4.69) is 6.92 Å². The maximum absolute atomic E-state index is 12.4. The molecule has 4 heteroatoms. The lowest BCUT2D eigenvalue weighted by molar-refractivity contribution is -0.182. The van der Waals surface area contributed by atoms with E-state index in [1.165, 1.54) is 0 Å². The van der Waals surface area contributed by atoms with Crippen LogP contribution in [0.4, 0.5) is 0 Å². The van der Waals surface area contributed by atoms with Crippen molar-refractivity contribution in [3.8, 4) is 0 Å². The molecule has 4 nitrogen and oxygen atoms in total. The summed E-state index contributed by atoms with van der Waals surface area (Å²) in [5.74, 6) is -2.03. The lowest BCUT2D eigenvalue weighted by atomic mass is 9.50. The van der Waals surface area contributed by atoms with Crippen molar-refractivity contribution in [2.75, 3.05) is 0 Å². The van der Waals surface area contributed by atoms with Gasteiger partial charge in [0.1, 0.15) is 0 Å². The number of rotatable bonds is 11. The Morgan fingerprint density at radius 2 is 1.58 bits per heavy atom. The van der Waals surface area contributed by atoms with Crippen LogP contribution in [0.15, 0.2) is 12.2 Å². The fourth-order valence-corrected chi connectivity index (χ4v) is 4.42. The second-order valence-electron chi connectivity index (χ2n) is 7.40. The molecular weight excluding hydrogens is 304 g/mol. The molecule has 0 saturated carbocycles. The second kappa shape index (κ2) is 9.24. The van der Waals surface area contributed by atoms with E-state index in [4.69, 9.17) is 0 Å². The Bertz CT molecular complexity index is 457. The van der Waals surface area contributed by atoms with Gasteiger partial charge >= 0.3 is 11.9 Å². The summed E-state index contributed by atoms with van der Waals surface area (Å²) < 4.78 is 0. The highest BCUT2D eigenvalue weighted by Crippen LogP contribution is 2.57. The zero-order chi connectivity index (χ0) is 18.2. The molecule has 0 aliphatic heterocycles. The Morgan fingerprint density at radius 3 is 2.12 bits per heavy atom. The summed E-state index contributed by atoms with van der Waals surface area (Å²) in [6.45, 7) is 6.11. The average Bonchev–Trinajstić information content (AvgIpc) is 2.56. The number of carbonyl (C=O) groups is 2. The monoisotopic (exact) mass is 338 g/mol. The van der Waals surface area contributed by atoms with E-state index in [1.807, 2.05) is 26.0 Å². The molecule has 0 amide bonds. The highest BCUT2D eigenvalue weighted by molar-refractivity contribution is 5.87. The van der Waals surface area contributed by atoms with Crippen LogP contribution in [0.2, 0.25) is 0 Å². The molecule has 0 radical (unpaired) electrons. The molecule has 0 saturated heterocycles. The van der Waals surface area contributed by atoms with Crippen LogP contribution in [0.5, 0.6) is 0 Å². The molecule has 1 aliphatic carbocycles. The SMILES string of the molecule is CCCCCCC(C)C1(C(=O)O)CC=CCC1(CCCC)C(=O)O. The highest BCUT2D eigenvalue weighted by atomic mass is 16.4. The van der Waals surface area contributed by atoms with Crippen LogP contribution in [0, 0.1) is 16.7 Å². The minimum atomic E-state index is -1.20. The predicted molar refractivity (Wildman–Crippen MR) is 96.0 cm³/mol. The molecule has 3 unspecified atom stereocenters. The first-order chi connectivity index (χ1) is 11.4. The third kappa shape index (κ3) is 3.84. The Hall–Kier alpha value is -1.32. The van der Waals surface area contributed by atoms with Gasteiger partial charge in [-0.25, -0.2) is 0 Å². The minimum absolute atomic E-state index is 0.148. The maximum atomic E-state index is 12.4. The van der Waals surface area contributed by atoms with Crippen molar-refractivity contribution in [3.05, 3.63) is 12.2 Å². The Morgan fingerprint density at radius 1 is 0.958 bits per heavy atom. The van der Waals surface area contributed by atoms with Gasteiger partial charge in [0.15, 0.2) is 0 Å². The quantitative estimate of drug-likeness (QED) is 0.397. The largest absolute Gasteiger partial charge is 0.481 e. The van der Waals surface area contributed by atoms with Gasteiger partial charge in [-0.2, -0.15) is 0 Å². The highest BCUT2D eigenvalue weighted by Gasteiger charge is 2.62. The minimum Gasteiger partial charge on any atom is -0.481 e. The van der Waals surface area contributed by atoms with Gasteiger partial charge in [0, 0.05) is 0 Å². The fraction of sp³-hybridized carbons (Fsp3) is 0.800. The molecule has 0 aromatic heterocycles. The van der Waals surface area contributed by atoms with Crippen molar-refractivity contribution in [2.45, 2.75) is 85.0 Å². The van der Waals surface area contributed by atoms with Crippen LogP contribution in [0.25, 0.3) is 0 Å². The van der Waals surface area contributed by atoms with Crippen LogP contribution >= 0.6 is 0 Å². The molecule has 1 rings (SSSR count). The second-order valence-corrected chi connectivity index (χ2v) is 7.40. The topological polar surface area (TPSA) is 74.6 Å². The number of carboxylic acids is 2.